The van der Waals surface area contributed by atoms with Crippen LogP contribution in [-0.4, -0.2) is 18.5 Å². The molecule has 14 heavy (non-hydrogen) atoms. The lowest BCUT2D eigenvalue weighted by atomic mass is 10.7. The molecule has 0 bridgehead atoms. The van der Waals surface area contributed by atoms with E-state index in [0.717, 1.165) is 6.26 Å². The lowest BCUT2D eigenvalue weighted by Gasteiger charge is -2.19. The van der Waals surface area contributed by atoms with E-state index in [-0.39, 0.29) is 5.90 Å². The van der Waals surface area contributed by atoms with Gasteiger partial charge in [0.25, 0.3) is 0 Å². The number of allylic oxidation sites excluding steroid dienone is 1. The number of hydrogen-bond donors (Lipinski definition) is 1. The number of alkyl halides is 2. The largest absolute Gasteiger partial charge is 0.537 e. The van der Waals surface area contributed by atoms with Gasteiger partial charge in [-0.1, -0.05) is 6.08 Å². The van der Waals surface area contributed by atoms with Gasteiger partial charge in [0.2, 0.25) is 6.29 Å². The first-order valence-electron chi connectivity index (χ1n) is 3.94. The Hall–Kier alpha value is -1.17. The fraction of sp³-hybridized carbons (Fsp3) is 0.625. The lowest BCUT2D eigenvalue weighted by Crippen LogP contribution is -2.30. The van der Waals surface area contributed by atoms with Gasteiger partial charge < -0.3 is 9.47 Å². The van der Waals surface area contributed by atoms with Crippen LogP contribution in [0.2, 0.25) is 0 Å². The third-order valence-electron chi connectivity index (χ3n) is 0.987. The van der Waals surface area contributed by atoms with Crippen molar-refractivity contribution in [1.29, 1.82) is 5.41 Å². The molecule has 0 aromatic heterocycles. The molecule has 0 aliphatic heterocycles. The second kappa shape index (κ2) is 5.54. The van der Waals surface area contributed by atoms with E-state index < -0.39 is 12.6 Å². The van der Waals surface area contributed by atoms with Crippen LogP contribution in [0.1, 0.15) is 20.8 Å². The normalized spacial score (nSPS) is 14.1. The Morgan fingerprint density at radius 3 is 2.50 bits per heavy atom. The Labute approximate surface area is 81.0 Å². The maximum absolute atomic E-state index is 12.7. The van der Waals surface area contributed by atoms with Gasteiger partial charge in [-0.05, 0) is 13.8 Å². The molecule has 0 aromatic carbocycles. The van der Waals surface area contributed by atoms with Gasteiger partial charge >= 0.3 is 6.29 Å². The SMILES string of the molecule is C/C=C/OC(F)(F)OC(C)OC(C)=N. The first-order chi connectivity index (χ1) is 6.37. The first-order valence-corrected chi connectivity index (χ1v) is 3.94. The highest BCUT2D eigenvalue weighted by Gasteiger charge is 2.35. The summed E-state index contributed by atoms with van der Waals surface area (Å²) in [5.74, 6) is -0.209. The summed E-state index contributed by atoms with van der Waals surface area (Å²) >= 11 is 0. The van der Waals surface area contributed by atoms with Crippen molar-refractivity contribution in [3.63, 3.8) is 0 Å². The molecule has 0 aliphatic carbocycles. The van der Waals surface area contributed by atoms with E-state index in [1.807, 2.05) is 0 Å². The minimum Gasteiger partial charge on any atom is -0.453 e. The zero-order valence-corrected chi connectivity index (χ0v) is 8.21. The summed E-state index contributed by atoms with van der Waals surface area (Å²) in [5.41, 5.74) is 0. The van der Waals surface area contributed by atoms with Crippen molar-refractivity contribution in [2.75, 3.05) is 0 Å². The van der Waals surface area contributed by atoms with Gasteiger partial charge in [-0.25, -0.2) is 4.74 Å². The smallest absolute Gasteiger partial charge is 0.453 e. The van der Waals surface area contributed by atoms with E-state index in [1.54, 1.807) is 0 Å². The van der Waals surface area contributed by atoms with Crippen molar-refractivity contribution in [1.82, 2.24) is 0 Å². The van der Waals surface area contributed by atoms with Crippen LogP contribution in [0.5, 0.6) is 0 Å². The molecule has 0 saturated heterocycles. The molecule has 0 fully saturated rings. The zero-order valence-electron chi connectivity index (χ0n) is 8.21. The summed E-state index contributed by atoms with van der Waals surface area (Å²) in [7, 11) is 0. The first kappa shape index (κ1) is 12.8. The number of ether oxygens (including phenoxy) is 3. The molecule has 0 radical (unpaired) electrons. The highest BCUT2D eigenvalue weighted by Crippen LogP contribution is 2.20. The molecule has 0 rings (SSSR count). The van der Waals surface area contributed by atoms with Crippen LogP contribution in [0.3, 0.4) is 0 Å². The Morgan fingerprint density at radius 2 is 2.07 bits per heavy atom. The maximum atomic E-state index is 12.7. The van der Waals surface area contributed by atoms with E-state index in [2.05, 4.69) is 14.2 Å². The minimum atomic E-state index is -3.75. The van der Waals surface area contributed by atoms with Gasteiger partial charge in [0, 0.05) is 6.92 Å². The highest BCUT2D eigenvalue weighted by molar-refractivity contribution is 5.69. The number of hydrogen-bond acceptors (Lipinski definition) is 4. The van der Waals surface area contributed by atoms with Gasteiger partial charge in [0.15, 0.2) is 5.90 Å². The second-order valence-corrected chi connectivity index (χ2v) is 2.41. The molecule has 6 heteroatoms. The number of halogens is 2. The predicted molar refractivity (Wildman–Crippen MR) is 45.9 cm³/mol. The van der Waals surface area contributed by atoms with Gasteiger partial charge in [-0.15, -0.1) is 8.78 Å². The number of rotatable bonds is 5. The molecule has 0 spiro atoms. The average molecular weight is 209 g/mol. The quantitative estimate of drug-likeness (QED) is 0.327. The van der Waals surface area contributed by atoms with Crippen LogP contribution in [0, 0.1) is 5.41 Å². The van der Waals surface area contributed by atoms with Crippen LogP contribution < -0.4 is 0 Å². The van der Waals surface area contributed by atoms with Gasteiger partial charge in [0.05, 0.1) is 6.26 Å². The molecule has 1 atom stereocenters. The zero-order chi connectivity index (χ0) is 11.2. The van der Waals surface area contributed by atoms with Crippen LogP contribution in [0.4, 0.5) is 8.78 Å². The summed E-state index contributed by atoms with van der Waals surface area (Å²) in [6.45, 7) is 4.08. The third kappa shape index (κ3) is 6.36. The maximum Gasteiger partial charge on any atom is 0.537 e. The fourth-order valence-corrected chi connectivity index (χ4v) is 0.641. The Balaban J connectivity index is 4.00. The molecule has 1 N–H and O–H groups in total. The highest BCUT2D eigenvalue weighted by atomic mass is 19.3. The van der Waals surface area contributed by atoms with Crippen LogP contribution >= 0.6 is 0 Å². The molecule has 0 amide bonds. The second-order valence-electron chi connectivity index (χ2n) is 2.41. The summed E-state index contributed by atoms with van der Waals surface area (Å²) in [6, 6.07) is 0. The van der Waals surface area contributed by atoms with Crippen LogP contribution in [0.25, 0.3) is 0 Å². The predicted octanol–water partition coefficient (Wildman–Crippen LogP) is 2.46. The van der Waals surface area contributed by atoms with E-state index in [9.17, 15) is 8.78 Å². The van der Waals surface area contributed by atoms with Crippen molar-refractivity contribution in [3.8, 4) is 0 Å². The Kier molecular flexibility index (Phi) is 5.07. The van der Waals surface area contributed by atoms with E-state index in [4.69, 9.17) is 5.41 Å². The van der Waals surface area contributed by atoms with Gasteiger partial charge in [-0.2, -0.15) is 0 Å². The molecule has 0 heterocycles. The van der Waals surface area contributed by atoms with Gasteiger partial charge in [0.1, 0.15) is 0 Å². The molecular formula is C8H13F2NO3. The van der Waals surface area contributed by atoms with Crippen molar-refractivity contribution in [3.05, 3.63) is 12.3 Å². The molecule has 0 saturated carbocycles. The monoisotopic (exact) mass is 209 g/mol. The Morgan fingerprint density at radius 1 is 1.50 bits per heavy atom. The summed E-state index contributed by atoms with van der Waals surface area (Å²) in [6.07, 6.45) is -2.89. The van der Waals surface area contributed by atoms with E-state index in [1.165, 1.54) is 26.8 Å². The van der Waals surface area contributed by atoms with Gasteiger partial charge in [-0.3, -0.25) is 5.41 Å². The minimum absolute atomic E-state index is 0.209. The van der Waals surface area contributed by atoms with Crippen molar-refractivity contribution in [2.24, 2.45) is 0 Å². The third-order valence-corrected chi connectivity index (χ3v) is 0.987. The van der Waals surface area contributed by atoms with Crippen molar-refractivity contribution in [2.45, 2.75) is 33.4 Å². The molecular weight excluding hydrogens is 196 g/mol. The lowest BCUT2D eigenvalue weighted by molar-refractivity contribution is -0.405. The molecule has 82 valence electrons. The van der Waals surface area contributed by atoms with Crippen molar-refractivity contribution >= 4 is 5.90 Å². The average Bonchev–Trinajstić information content (AvgIpc) is 1.98. The Bertz CT molecular complexity index is 219. The van der Waals surface area contributed by atoms with E-state index >= 15 is 0 Å². The summed E-state index contributed by atoms with van der Waals surface area (Å²) in [5, 5.41) is 6.87. The fourth-order valence-electron chi connectivity index (χ4n) is 0.641. The number of nitrogens with one attached hydrogen (secondary N) is 1. The molecule has 0 aromatic rings. The van der Waals surface area contributed by atoms with Crippen LogP contribution in [-0.2, 0) is 14.2 Å². The van der Waals surface area contributed by atoms with E-state index in [0.29, 0.717) is 0 Å². The van der Waals surface area contributed by atoms with Crippen molar-refractivity contribution < 1.29 is 23.0 Å². The summed E-state index contributed by atoms with van der Waals surface area (Å²) < 4.78 is 37.9. The molecule has 4 nitrogen and oxygen atoms in total. The summed E-state index contributed by atoms with van der Waals surface area (Å²) in [4.78, 5) is 0. The standard InChI is InChI=1S/C8H13F2NO3/c1-4-5-12-8(9,10)14-7(3)13-6(2)11/h4-5,7,11H,1-3H3/b5-4+,11-6?. The van der Waals surface area contributed by atoms with Crippen LogP contribution in [0.15, 0.2) is 12.3 Å². The molecule has 0 aliphatic rings. The topological polar surface area (TPSA) is 51.5 Å². The molecule has 1 unspecified atom stereocenters.